The van der Waals surface area contributed by atoms with Crippen molar-refractivity contribution in [1.29, 1.82) is 0 Å². The molecule has 2 aliphatic heterocycles. The van der Waals surface area contributed by atoms with Gasteiger partial charge in [-0.05, 0) is 32.0 Å². The second-order valence-corrected chi connectivity index (χ2v) is 8.10. The normalized spacial score (nSPS) is 18.5. The van der Waals surface area contributed by atoms with Gasteiger partial charge in [0.2, 0.25) is 5.96 Å². The van der Waals surface area contributed by atoms with E-state index in [1.807, 2.05) is 36.7 Å². The van der Waals surface area contributed by atoms with Gasteiger partial charge in [0.15, 0.2) is 0 Å². The molecule has 0 aromatic carbocycles. The first-order valence-corrected chi connectivity index (χ1v) is 10.1. The van der Waals surface area contributed by atoms with Crippen LogP contribution >= 0.6 is 0 Å². The summed E-state index contributed by atoms with van der Waals surface area (Å²) in [6.45, 7) is 12.3. The van der Waals surface area contributed by atoms with Gasteiger partial charge in [0, 0.05) is 38.3 Å². The summed E-state index contributed by atoms with van der Waals surface area (Å²) in [7, 11) is 0. The maximum absolute atomic E-state index is 12.3. The number of nitrogens with zero attached hydrogens (tertiary/aromatic N) is 4. The Hall–Kier alpha value is -3.33. The monoisotopic (exact) mass is 408 g/mol. The number of carbonyl (C=O) groups is 1. The van der Waals surface area contributed by atoms with Gasteiger partial charge in [0.05, 0.1) is 17.4 Å². The van der Waals surface area contributed by atoms with E-state index >= 15 is 0 Å². The number of amides is 1. The zero-order chi connectivity index (χ0) is 21.3. The lowest BCUT2D eigenvalue weighted by Crippen LogP contribution is -2.47. The summed E-state index contributed by atoms with van der Waals surface area (Å²) >= 11 is 0. The SMILES string of the molecule is C=Cc1cc2n(c1N=C(N)Nc1ccc(N3CCNCC3)cn1)C(C)(C)CNC2=O. The van der Waals surface area contributed by atoms with E-state index in [-0.39, 0.29) is 17.4 Å². The molecule has 5 N–H and O–H groups in total. The van der Waals surface area contributed by atoms with Crippen LogP contribution in [0.1, 0.15) is 29.9 Å². The number of fused-ring (bicyclic) bond motifs is 1. The summed E-state index contributed by atoms with van der Waals surface area (Å²) < 4.78 is 1.91. The predicted octanol–water partition coefficient (Wildman–Crippen LogP) is 1.47. The third kappa shape index (κ3) is 3.76. The van der Waals surface area contributed by atoms with Crippen LogP contribution in [0.4, 0.5) is 17.3 Å². The van der Waals surface area contributed by atoms with Gasteiger partial charge in [0.25, 0.3) is 5.91 Å². The number of aromatic nitrogens is 2. The Morgan fingerprint density at radius 2 is 2.13 bits per heavy atom. The van der Waals surface area contributed by atoms with Crippen molar-refractivity contribution >= 4 is 35.3 Å². The van der Waals surface area contributed by atoms with Gasteiger partial charge in [-0.2, -0.15) is 4.99 Å². The quantitative estimate of drug-likeness (QED) is 0.450. The lowest BCUT2D eigenvalue weighted by molar-refractivity contribution is 0.0889. The van der Waals surface area contributed by atoms with Crippen molar-refractivity contribution < 1.29 is 4.79 Å². The van der Waals surface area contributed by atoms with Gasteiger partial charge in [-0.1, -0.05) is 12.7 Å². The van der Waals surface area contributed by atoms with Crippen LogP contribution in [0.15, 0.2) is 36.0 Å². The van der Waals surface area contributed by atoms with E-state index in [1.165, 1.54) is 0 Å². The van der Waals surface area contributed by atoms with E-state index in [9.17, 15) is 4.79 Å². The Labute approximate surface area is 176 Å². The molecular weight excluding hydrogens is 380 g/mol. The molecule has 0 bridgehead atoms. The standard InChI is InChI=1S/C21H28N8O/c1-4-14-11-16-19(30)25-13-21(2,3)29(16)18(14)27-20(22)26-17-6-5-15(12-24-17)28-9-7-23-8-10-28/h4-6,11-12,23H,1,7-10,13H2,2-3H3,(H,25,30)(H3,22,24,26,27). The summed E-state index contributed by atoms with van der Waals surface area (Å²) in [5, 5.41) is 9.30. The molecule has 4 heterocycles. The molecule has 0 saturated carbocycles. The average molecular weight is 409 g/mol. The zero-order valence-corrected chi connectivity index (χ0v) is 17.4. The summed E-state index contributed by atoms with van der Waals surface area (Å²) in [4.78, 5) is 23.7. The molecule has 1 saturated heterocycles. The highest BCUT2D eigenvalue weighted by Crippen LogP contribution is 2.34. The first-order valence-electron chi connectivity index (χ1n) is 10.1. The van der Waals surface area contributed by atoms with Gasteiger partial charge in [-0.15, -0.1) is 0 Å². The van der Waals surface area contributed by atoms with Crippen LogP contribution in [0, 0.1) is 0 Å². The zero-order valence-electron chi connectivity index (χ0n) is 17.4. The molecule has 0 radical (unpaired) electrons. The average Bonchev–Trinajstić information content (AvgIpc) is 3.12. The fraction of sp³-hybridized carbons (Fsp3) is 0.381. The van der Waals surface area contributed by atoms with E-state index in [0.717, 1.165) is 37.4 Å². The smallest absolute Gasteiger partial charge is 0.268 e. The molecule has 30 heavy (non-hydrogen) atoms. The second kappa shape index (κ2) is 7.83. The van der Waals surface area contributed by atoms with Gasteiger partial charge in [0.1, 0.15) is 17.3 Å². The maximum atomic E-state index is 12.3. The number of aliphatic imine (C=N–C) groups is 1. The highest BCUT2D eigenvalue weighted by Gasteiger charge is 2.34. The molecule has 2 aromatic rings. The first kappa shape index (κ1) is 20.0. The third-order valence-electron chi connectivity index (χ3n) is 5.46. The predicted molar refractivity (Wildman–Crippen MR) is 120 cm³/mol. The van der Waals surface area contributed by atoms with Crippen molar-refractivity contribution in [3.05, 3.63) is 42.2 Å². The second-order valence-electron chi connectivity index (χ2n) is 8.10. The number of carbonyl (C=O) groups excluding carboxylic acids is 1. The van der Waals surface area contributed by atoms with Gasteiger partial charge in [-0.25, -0.2) is 4.98 Å². The number of hydrogen-bond acceptors (Lipinski definition) is 5. The Bertz CT molecular complexity index is 983. The van der Waals surface area contributed by atoms with E-state index in [1.54, 1.807) is 12.1 Å². The fourth-order valence-electron chi connectivity index (χ4n) is 3.87. The van der Waals surface area contributed by atoms with Crippen molar-refractivity contribution in [1.82, 2.24) is 20.2 Å². The lowest BCUT2D eigenvalue weighted by Gasteiger charge is -2.34. The topological polar surface area (TPSA) is 113 Å². The highest BCUT2D eigenvalue weighted by molar-refractivity contribution is 5.98. The summed E-state index contributed by atoms with van der Waals surface area (Å²) in [5.41, 5.74) is 8.23. The van der Waals surface area contributed by atoms with Crippen LogP contribution in [-0.2, 0) is 5.54 Å². The minimum atomic E-state index is -0.340. The Kier molecular flexibility index (Phi) is 5.21. The van der Waals surface area contributed by atoms with Crippen molar-refractivity contribution in [2.24, 2.45) is 10.7 Å². The van der Waals surface area contributed by atoms with Crippen molar-refractivity contribution in [2.75, 3.05) is 42.9 Å². The van der Waals surface area contributed by atoms with E-state index in [4.69, 9.17) is 5.73 Å². The molecule has 158 valence electrons. The number of guanidine groups is 1. The molecule has 2 aromatic heterocycles. The van der Waals surface area contributed by atoms with Crippen LogP contribution in [0.25, 0.3) is 6.08 Å². The molecule has 9 heteroatoms. The van der Waals surface area contributed by atoms with E-state index in [0.29, 0.717) is 23.9 Å². The minimum absolute atomic E-state index is 0.129. The summed E-state index contributed by atoms with van der Waals surface area (Å²) in [6, 6.07) is 5.70. The van der Waals surface area contributed by atoms with Crippen LogP contribution in [0.2, 0.25) is 0 Å². The van der Waals surface area contributed by atoms with Crippen LogP contribution in [0.3, 0.4) is 0 Å². The van der Waals surface area contributed by atoms with Crippen LogP contribution in [0.5, 0.6) is 0 Å². The molecule has 1 amide bonds. The summed E-state index contributed by atoms with van der Waals surface area (Å²) in [6.07, 6.45) is 3.52. The van der Waals surface area contributed by atoms with Crippen molar-refractivity contribution in [2.45, 2.75) is 19.4 Å². The molecule has 0 atom stereocenters. The Morgan fingerprint density at radius 1 is 1.37 bits per heavy atom. The molecular formula is C21H28N8O. The molecule has 0 aliphatic carbocycles. The number of pyridine rings is 1. The molecule has 0 spiro atoms. The van der Waals surface area contributed by atoms with Crippen LogP contribution in [-0.4, -0.2) is 54.1 Å². The number of hydrogen-bond donors (Lipinski definition) is 4. The minimum Gasteiger partial charge on any atom is -0.369 e. The highest BCUT2D eigenvalue weighted by atomic mass is 16.2. The van der Waals surface area contributed by atoms with Crippen molar-refractivity contribution in [3.8, 4) is 0 Å². The molecule has 2 aliphatic rings. The molecule has 1 fully saturated rings. The largest absolute Gasteiger partial charge is 0.369 e. The van der Waals surface area contributed by atoms with E-state index in [2.05, 4.69) is 37.4 Å². The number of nitrogens with two attached hydrogens (primary N) is 1. The number of piperazine rings is 1. The van der Waals surface area contributed by atoms with Crippen molar-refractivity contribution in [3.63, 3.8) is 0 Å². The van der Waals surface area contributed by atoms with Gasteiger partial charge in [-0.3, -0.25) is 4.79 Å². The Balaban J connectivity index is 1.58. The first-order chi connectivity index (χ1) is 14.4. The van der Waals surface area contributed by atoms with E-state index < -0.39 is 0 Å². The molecule has 9 nitrogen and oxygen atoms in total. The fourth-order valence-corrected chi connectivity index (χ4v) is 3.87. The number of rotatable bonds is 4. The van der Waals surface area contributed by atoms with Gasteiger partial charge < -0.3 is 31.2 Å². The molecule has 4 rings (SSSR count). The third-order valence-corrected chi connectivity index (χ3v) is 5.46. The number of anilines is 2. The van der Waals surface area contributed by atoms with Crippen LogP contribution < -0.4 is 26.6 Å². The number of nitrogens with one attached hydrogen (secondary N) is 3. The maximum Gasteiger partial charge on any atom is 0.268 e. The van der Waals surface area contributed by atoms with Gasteiger partial charge >= 0.3 is 0 Å². The Morgan fingerprint density at radius 3 is 2.80 bits per heavy atom. The summed E-state index contributed by atoms with van der Waals surface area (Å²) in [5.74, 6) is 1.28. The molecule has 0 unspecified atom stereocenters. The lowest BCUT2D eigenvalue weighted by atomic mass is 10.0.